The van der Waals surface area contributed by atoms with Gasteiger partial charge in [0.2, 0.25) is 5.91 Å². The van der Waals surface area contributed by atoms with E-state index in [-0.39, 0.29) is 23.0 Å². The van der Waals surface area contributed by atoms with Crippen LogP contribution in [0.15, 0.2) is 58.2 Å². The maximum Gasteiger partial charge on any atom is 0.257 e. The first-order chi connectivity index (χ1) is 11.5. The molecule has 0 radical (unpaired) electrons. The second-order valence-corrected chi connectivity index (χ2v) is 6.78. The van der Waals surface area contributed by atoms with Crippen molar-refractivity contribution < 1.29 is 13.6 Å². The highest BCUT2D eigenvalue weighted by molar-refractivity contribution is 8.00. The van der Waals surface area contributed by atoms with Crippen LogP contribution in [0.25, 0.3) is 11.1 Å². The van der Waals surface area contributed by atoms with Crippen molar-refractivity contribution in [1.29, 1.82) is 0 Å². The Bertz CT molecular complexity index is 815. The Kier molecular flexibility index (Phi) is 4.85. The lowest BCUT2D eigenvalue weighted by molar-refractivity contribution is -0.120. The second-order valence-electron chi connectivity index (χ2n) is 5.49. The monoisotopic (exact) mass is 344 g/mol. The van der Waals surface area contributed by atoms with E-state index in [0.717, 1.165) is 11.1 Å². The molecule has 2 aromatic carbocycles. The van der Waals surface area contributed by atoms with E-state index in [1.165, 1.54) is 23.9 Å². The van der Waals surface area contributed by atoms with Gasteiger partial charge in [-0.3, -0.25) is 4.79 Å². The summed E-state index contributed by atoms with van der Waals surface area (Å²) in [7, 11) is 0. The molecular formula is C18H17FN2O2S. The number of halogens is 1. The highest BCUT2D eigenvalue weighted by Gasteiger charge is 2.20. The number of oxazole rings is 1. The van der Waals surface area contributed by atoms with Crippen molar-refractivity contribution in [3.63, 3.8) is 0 Å². The number of fused-ring (bicyclic) bond motifs is 1. The van der Waals surface area contributed by atoms with Gasteiger partial charge in [0, 0.05) is 0 Å². The number of carbonyl (C=O) groups is 1. The molecule has 0 saturated carbocycles. The van der Waals surface area contributed by atoms with E-state index in [9.17, 15) is 9.18 Å². The van der Waals surface area contributed by atoms with E-state index in [1.807, 2.05) is 31.2 Å². The standard InChI is InChI=1S/C18H17FN2O2S/c1-11(13-7-9-14(19)10-8-13)20-17(22)12(2)24-18-21-15-5-3-4-6-16(15)23-18/h3-12H,1-2H3,(H,20,22). The molecule has 3 rings (SSSR count). The number of rotatable bonds is 5. The molecule has 0 spiro atoms. The number of amides is 1. The smallest absolute Gasteiger partial charge is 0.257 e. The fraction of sp³-hybridized carbons (Fsp3) is 0.222. The molecule has 2 atom stereocenters. The molecule has 6 heteroatoms. The van der Waals surface area contributed by atoms with Crippen LogP contribution in [-0.2, 0) is 4.79 Å². The van der Waals surface area contributed by atoms with E-state index in [2.05, 4.69) is 10.3 Å². The second kappa shape index (κ2) is 7.05. The third-order valence-electron chi connectivity index (χ3n) is 3.65. The zero-order chi connectivity index (χ0) is 17.1. The lowest BCUT2D eigenvalue weighted by Crippen LogP contribution is -2.33. The Morgan fingerprint density at radius 2 is 1.88 bits per heavy atom. The Balaban J connectivity index is 1.62. The van der Waals surface area contributed by atoms with Crippen LogP contribution in [0.2, 0.25) is 0 Å². The van der Waals surface area contributed by atoms with Gasteiger partial charge < -0.3 is 9.73 Å². The molecule has 1 N–H and O–H groups in total. The molecule has 1 amide bonds. The number of para-hydroxylation sites is 2. The molecule has 124 valence electrons. The van der Waals surface area contributed by atoms with Crippen LogP contribution in [0.3, 0.4) is 0 Å². The van der Waals surface area contributed by atoms with Crippen LogP contribution in [-0.4, -0.2) is 16.1 Å². The van der Waals surface area contributed by atoms with Gasteiger partial charge in [-0.25, -0.2) is 9.37 Å². The number of thioether (sulfide) groups is 1. The number of carbonyl (C=O) groups excluding carboxylic acids is 1. The van der Waals surface area contributed by atoms with E-state index in [4.69, 9.17) is 4.42 Å². The molecule has 1 aromatic heterocycles. The average molecular weight is 344 g/mol. The minimum absolute atomic E-state index is 0.126. The zero-order valence-electron chi connectivity index (χ0n) is 13.3. The summed E-state index contributed by atoms with van der Waals surface area (Å²) in [6, 6.07) is 13.4. The fourth-order valence-electron chi connectivity index (χ4n) is 2.27. The van der Waals surface area contributed by atoms with E-state index in [0.29, 0.717) is 10.8 Å². The molecule has 24 heavy (non-hydrogen) atoms. The molecule has 0 bridgehead atoms. The maximum atomic E-state index is 13.0. The third-order valence-corrected chi connectivity index (χ3v) is 4.59. The lowest BCUT2D eigenvalue weighted by atomic mass is 10.1. The summed E-state index contributed by atoms with van der Waals surface area (Å²) in [5.74, 6) is -0.420. The minimum Gasteiger partial charge on any atom is -0.431 e. The van der Waals surface area contributed by atoms with E-state index in [1.54, 1.807) is 19.1 Å². The molecule has 0 aliphatic carbocycles. The first-order valence-electron chi connectivity index (χ1n) is 7.61. The largest absolute Gasteiger partial charge is 0.431 e. The van der Waals surface area contributed by atoms with E-state index >= 15 is 0 Å². The summed E-state index contributed by atoms with van der Waals surface area (Å²) < 4.78 is 18.6. The normalized spacial score (nSPS) is 13.6. The van der Waals surface area contributed by atoms with Crippen molar-refractivity contribution in [2.45, 2.75) is 30.4 Å². The van der Waals surface area contributed by atoms with Gasteiger partial charge in [0.25, 0.3) is 5.22 Å². The highest BCUT2D eigenvalue weighted by atomic mass is 32.2. The summed E-state index contributed by atoms with van der Waals surface area (Å²) in [5, 5.41) is 3.02. The van der Waals surface area contributed by atoms with Crippen LogP contribution in [0.1, 0.15) is 25.5 Å². The van der Waals surface area contributed by atoms with Gasteiger partial charge in [0.15, 0.2) is 5.58 Å². The SMILES string of the molecule is CC(Sc1nc2ccccc2o1)C(=O)NC(C)c1ccc(F)cc1. The quantitative estimate of drug-likeness (QED) is 0.700. The summed E-state index contributed by atoms with van der Waals surface area (Å²) in [5.41, 5.74) is 2.32. The van der Waals surface area contributed by atoms with Gasteiger partial charge >= 0.3 is 0 Å². The summed E-state index contributed by atoms with van der Waals surface area (Å²) in [6.45, 7) is 3.66. The topological polar surface area (TPSA) is 55.1 Å². The van der Waals surface area contributed by atoms with Crippen LogP contribution >= 0.6 is 11.8 Å². The number of nitrogens with one attached hydrogen (secondary N) is 1. The molecular weight excluding hydrogens is 327 g/mol. The Morgan fingerprint density at radius 3 is 2.58 bits per heavy atom. The van der Waals surface area contributed by atoms with Crippen molar-refractivity contribution in [3.8, 4) is 0 Å². The van der Waals surface area contributed by atoms with Gasteiger partial charge in [-0.1, -0.05) is 36.0 Å². The summed E-state index contributed by atoms with van der Waals surface area (Å²) in [4.78, 5) is 16.7. The van der Waals surface area contributed by atoms with Gasteiger partial charge in [0.05, 0.1) is 11.3 Å². The summed E-state index contributed by atoms with van der Waals surface area (Å²) in [6.07, 6.45) is 0. The van der Waals surface area contributed by atoms with Crippen molar-refractivity contribution in [1.82, 2.24) is 10.3 Å². The fourth-order valence-corrected chi connectivity index (χ4v) is 3.04. The Labute approximate surface area is 143 Å². The molecule has 4 nitrogen and oxygen atoms in total. The van der Waals surface area contributed by atoms with Crippen LogP contribution in [0, 0.1) is 5.82 Å². The molecule has 3 aromatic rings. The van der Waals surface area contributed by atoms with Gasteiger partial charge in [-0.2, -0.15) is 0 Å². The first-order valence-corrected chi connectivity index (χ1v) is 8.49. The van der Waals surface area contributed by atoms with Gasteiger partial charge in [0.1, 0.15) is 11.3 Å². The molecule has 0 fully saturated rings. The molecule has 0 saturated heterocycles. The predicted octanol–water partition coefficient (Wildman–Crippen LogP) is 4.32. The van der Waals surface area contributed by atoms with Crippen molar-refractivity contribution in [2.75, 3.05) is 0 Å². The summed E-state index contributed by atoms with van der Waals surface area (Å²) >= 11 is 1.27. The maximum absolute atomic E-state index is 13.0. The number of hydrogen-bond acceptors (Lipinski definition) is 4. The van der Waals surface area contributed by atoms with Crippen molar-refractivity contribution in [3.05, 3.63) is 59.9 Å². The Morgan fingerprint density at radius 1 is 1.17 bits per heavy atom. The number of aromatic nitrogens is 1. The first kappa shape index (κ1) is 16.5. The number of hydrogen-bond donors (Lipinski definition) is 1. The highest BCUT2D eigenvalue weighted by Crippen LogP contribution is 2.27. The van der Waals surface area contributed by atoms with Gasteiger partial charge in [-0.05, 0) is 43.7 Å². The number of benzene rings is 2. The molecule has 0 aliphatic heterocycles. The third kappa shape index (κ3) is 3.76. The molecule has 2 unspecified atom stereocenters. The van der Waals surface area contributed by atoms with Crippen LogP contribution in [0.4, 0.5) is 4.39 Å². The molecule has 0 aliphatic rings. The number of nitrogens with zero attached hydrogens (tertiary/aromatic N) is 1. The van der Waals surface area contributed by atoms with Crippen molar-refractivity contribution in [2.24, 2.45) is 0 Å². The lowest BCUT2D eigenvalue weighted by Gasteiger charge is -2.17. The van der Waals surface area contributed by atoms with Crippen LogP contribution < -0.4 is 5.32 Å². The molecule has 1 heterocycles. The van der Waals surface area contributed by atoms with Gasteiger partial charge in [-0.15, -0.1) is 0 Å². The van der Waals surface area contributed by atoms with Crippen molar-refractivity contribution >= 4 is 28.8 Å². The average Bonchev–Trinajstić information content (AvgIpc) is 2.97. The zero-order valence-corrected chi connectivity index (χ0v) is 14.1. The minimum atomic E-state index is -0.360. The van der Waals surface area contributed by atoms with E-state index < -0.39 is 0 Å². The van der Waals surface area contributed by atoms with Crippen LogP contribution in [0.5, 0.6) is 0 Å². The predicted molar refractivity (Wildman–Crippen MR) is 92.3 cm³/mol. The Hall–Kier alpha value is -2.34.